The molecule has 1 aliphatic heterocycles. The monoisotopic (exact) mass is 297 g/mol. The number of hydrogen-bond acceptors (Lipinski definition) is 4. The first-order chi connectivity index (χ1) is 9.35. The molecule has 6 nitrogen and oxygen atoms in total. The van der Waals surface area contributed by atoms with Crippen LogP contribution >= 0.6 is 0 Å². The van der Waals surface area contributed by atoms with Gasteiger partial charge in [0, 0.05) is 44.5 Å². The van der Waals surface area contributed by atoms with Gasteiger partial charge in [-0.25, -0.2) is 8.42 Å². The molecule has 0 unspecified atom stereocenters. The molecule has 1 aliphatic rings. The highest BCUT2D eigenvalue weighted by molar-refractivity contribution is 7.92. The van der Waals surface area contributed by atoms with Crippen molar-refractivity contribution in [1.82, 2.24) is 4.90 Å². The Hall–Kier alpha value is -1.76. The fraction of sp³-hybridized carbons (Fsp3) is 0.462. The van der Waals surface area contributed by atoms with Crippen LogP contribution < -0.4 is 9.62 Å². The van der Waals surface area contributed by atoms with E-state index < -0.39 is 10.0 Å². The highest BCUT2D eigenvalue weighted by Gasteiger charge is 2.18. The highest BCUT2D eigenvalue weighted by Crippen LogP contribution is 2.20. The van der Waals surface area contributed by atoms with Crippen LogP contribution in [0.25, 0.3) is 0 Å². The van der Waals surface area contributed by atoms with E-state index in [-0.39, 0.29) is 5.91 Å². The lowest BCUT2D eigenvalue weighted by molar-refractivity contribution is -0.129. The van der Waals surface area contributed by atoms with Gasteiger partial charge in [-0.15, -0.1) is 0 Å². The number of carbonyl (C=O) groups excluding carboxylic acids is 1. The first-order valence-electron chi connectivity index (χ1n) is 6.43. The van der Waals surface area contributed by atoms with Gasteiger partial charge in [0.2, 0.25) is 15.9 Å². The molecule has 1 aromatic rings. The number of benzene rings is 1. The summed E-state index contributed by atoms with van der Waals surface area (Å²) in [7, 11) is -3.24. The van der Waals surface area contributed by atoms with Gasteiger partial charge in [0.15, 0.2) is 0 Å². The largest absolute Gasteiger partial charge is 0.368 e. The Morgan fingerprint density at radius 2 is 1.65 bits per heavy atom. The summed E-state index contributed by atoms with van der Waals surface area (Å²) >= 11 is 0. The molecule has 1 saturated heterocycles. The second-order valence-corrected chi connectivity index (χ2v) is 6.66. The van der Waals surface area contributed by atoms with Crippen LogP contribution in [0.3, 0.4) is 0 Å². The molecule has 1 aromatic carbocycles. The molecule has 0 atom stereocenters. The lowest BCUT2D eigenvalue weighted by atomic mass is 10.2. The summed E-state index contributed by atoms with van der Waals surface area (Å²) in [5.74, 6) is 0.109. The molecular formula is C13H19N3O3S. The van der Waals surface area contributed by atoms with Crippen LogP contribution in [0.2, 0.25) is 0 Å². The molecule has 0 aliphatic carbocycles. The first kappa shape index (κ1) is 14.6. The number of amides is 1. The molecule has 0 bridgehead atoms. The fourth-order valence-corrected chi connectivity index (χ4v) is 2.80. The van der Waals surface area contributed by atoms with Crippen molar-refractivity contribution in [2.75, 3.05) is 42.1 Å². The summed E-state index contributed by atoms with van der Waals surface area (Å²) in [6.45, 7) is 4.61. The summed E-state index contributed by atoms with van der Waals surface area (Å²) in [6.07, 6.45) is 1.13. The van der Waals surface area contributed by atoms with Crippen LogP contribution in [0, 0.1) is 0 Å². The van der Waals surface area contributed by atoms with Gasteiger partial charge >= 0.3 is 0 Å². The fourth-order valence-electron chi connectivity index (χ4n) is 2.23. The van der Waals surface area contributed by atoms with E-state index in [1.807, 2.05) is 17.0 Å². The van der Waals surface area contributed by atoms with Gasteiger partial charge in [0.25, 0.3) is 0 Å². The van der Waals surface area contributed by atoms with Crippen molar-refractivity contribution in [3.05, 3.63) is 24.3 Å². The Morgan fingerprint density at radius 1 is 1.10 bits per heavy atom. The number of sulfonamides is 1. The van der Waals surface area contributed by atoms with Gasteiger partial charge in [-0.1, -0.05) is 0 Å². The molecule has 1 N–H and O–H groups in total. The summed E-state index contributed by atoms with van der Waals surface area (Å²) in [5, 5.41) is 0. The summed E-state index contributed by atoms with van der Waals surface area (Å²) in [6, 6.07) is 7.26. The van der Waals surface area contributed by atoms with Gasteiger partial charge in [-0.3, -0.25) is 9.52 Å². The minimum absolute atomic E-state index is 0.109. The van der Waals surface area contributed by atoms with E-state index in [0.29, 0.717) is 5.69 Å². The maximum atomic E-state index is 11.3. The predicted octanol–water partition coefficient (Wildman–Crippen LogP) is 0.727. The summed E-state index contributed by atoms with van der Waals surface area (Å²) in [5.41, 5.74) is 1.59. The van der Waals surface area contributed by atoms with Crippen LogP contribution in [0.5, 0.6) is 0 Å². The molecule has 0 saturated carbocycles. The summed E-state index contributed by atoms with van der Waals surface area (Å²) < 4.78 is 24.7. The number of nitrogens with one attached hydrogen (secondary N) is 1. The number of hydrogen-bond donors (Lipinski definition) is 1. The van der Waals surface area contributed by atoms with Gasteiger partial charge in [-0.05, 0) is 24.3 Å². The quantitative estimate of drug-likeness (QED) is 0.893. The molecule has 1 heterocycles. The van der Waals surface area contributed by atoms with E-state index in [2.05, 4.69) is 9.62 Å². The van der Waals surface area contributed by atoms with Crippen molar-refractivity contribution in [2.24, 2.45) is 0 Å². The number of nitrogens with zero attached hydrogens (tertiary/aromatic N) is 2. The Morgan fingerprint density at radius 3 is 2.10 bits per heavy atom. The zero-order valence-corrected chi connectivity index (χ0v) is 12.5. The Kier molecular flexibility index (Phi) is 4.17. The lowest BCUT2D eigenvalue weighted by Gasteiger charge is -2.35. The molecule has 7 heteroatoms. The second-order valence-electron chi connectivity index (χ2n) is 4.91. The molecular weight excluding hydrogens is 278 g/mol. The van der Waals surface area contributed by atoms with Crippen molar-refractivity contribution >= 4 is 27.3 Å². The smallest absolute Gasteiger partial charge is 0.229 e. The van der Waals surface area contributed by atoms with Crippen LogP contribution in [0.4, 0.5) is 11.4 Å². The predicted molar refractivity (Wildman–Crippen MR) is 79.4 cm³/mol. The number of anilines is 2. The third kappa shape index (κ3) is 3.86. The molecule has 0 spiro atoms. The van der Waals surface area contributed by atoms with E-state index in [4.69, 9.17) is 0 Å². The molecule has 0 aromatic heterocycles. The maximum Gasteiger partial charge on any atom is 0.229 e. The Balaban J connectivity index is 1.99. The second kappa shape index (κ2) is 5.70. The maximum absolute atomic E-state index is 11.3. The van der Waals surface area contributed by atoms with Gasteiger partial charge < -0.3 is 9.80 Å². The van der Waals surface area contributed by atoms with Crippen molar-refractivity contribution in [1.29, 1.82) is 0 Å². The van der Waals surface area contributed by atoms with Crippen LogP contribution in [0.15, 0.2) is 24.3 Å². The van der Waals surface area contributed by atoms with Crippen LogP contribution in [0.1, 0.15) is 6.92 Å². The molecule has 110 valence electrons. The molecule has 2 rings (SSSR count). The molecule has 1 fully saturated rings. The zero-order valence-electron chi connectivity index (χ0n) is 11.7. The van der Waals surface area contributed by atoms with E-state index in [0.717, 1.165) is 38.1 Å². The van der Waals surface area contributed by atoms with Gasteiger partial charge in [-0.2, -0.15) is 0 Å². The van der Waals surface area contributed by atoms with Crippen LogP contribution in [-0.4, -0.2) is 51.7 Å². The normalized spacial score (nSPS) is 16.1. The van der Waals surface area contributed by atoms with Gasteiger partial charge in [0.1, 0.15) is 0 Å². The van der Waals surface area contributed by atoms with Crippen molar-refractivity contribution < 1.29 is 13.2 Å². The van der Waals surface area contributed by atoms with Crippen molar-refractivity contribution in [2.45, 2.75) is 6.92 Å². The Bertz CT molecular complexity index is 575. The minimum Gasteiger partial charge on any atom is -0.368 e. The number of rotatable bonds is 3. The van der Waals surface area contributed by atoms with E-state index >= 15 is 0 Å². The third-order valence-electron chi connectivity index (χ3n) is 3.26. The molecule has 1 amide bonds. The lowest BCUT2D eigenvalue weighted by Crippen LogP contribution is -2.48. The zero-order chi connectivity index (χ0) is 14.8. The number of piperazine rings is 1. The SMILES string of the molecule is CC(=O)N1CCN(c2ccc(NS(C)(=O)=O)cc2)CC1. The Labute approximate surface area is 119 Å². The van der Waals surface area contributed by atoms with E-state index in [1.54, 1.807) is 19.1 Å². The molecule has 20 heavy (non-hydrogen) atoms. The van der Waals surface area contributed by atoms with Gasteiger partial charge in [0.05, 0.1) is 6.26 Å². The average Bonchev–Trinajstić information content (AvgIpc) is 2.38. The minimum atomic E-state index is -3.24. The standard InChI is InChI=1S/C13H19N3O3S/c1-11(17)15-7-9-16(10-8-15)13-5-3-12(4-6-13)14-20(2,18)19/h3-6,14H,7-10H2,1-2H3. The summed E-state index contributed by atoms with van der Waals surface area (Å²) in [4.78, 5) is 15.3. The van der Waals surface area contributed by atoms with E-state index in [9.17, 15) is 13.2 Å². The highest BCUT2D eigenvalue weighted by atomic mass is 32.2. The third-order valence-corrected chi connectivity index (χ3v) is 3.87. The first-order valence-corrected chi connectivity index (χ1v) is 8.32. The van der Waals surface area contributed by atoms with Crippen molar-refractivity contribution in [3.63, 3.8) is 0 Å². The van der Waals surface area contributed by atoms with Crippen LogP contribution in [-0.2, 0) is 14.8 Å². The topological polar surface area (TPSA) is 69.7 Å². The van der Waals surface area contributed by atoms with E-state index in [1.165, 1.54) is 0 Å². The average molecular weight is 297 g/mol. The van der Waals surface area contributed by atoms with Crippen molar-refractivity contribution in [3.8, 4) is 0 Å². The molecule has 0 radical (unpaired) electrons. The number of carbonyl (C=O) groups is 1.